The molecule has 1 aromatic rings. The Kier molecular flexibility index (Phi) is 2.44. The average Bonchev–Trinajstić information content (AvgIpc) is 2.30. The quantitative estimate of drug-likeness (QED) is 0.611. The maximum atomic E-state index is 5.31. The molecule has 56 valence electrons. The van der Waals surface area contributed by atoms with Crippen molar-refractivity contribution >= 4 is 11.8 Å². The molecule has 0 aromatic carbocycles. The second-order valence-electron chi connectivity index (χ2n) is 2.23. The van der Waals surface area contributed by atoms with Gasteiger partial charge in [-0.1, -0.05) is 6.92 Å². The summed E-state index contributed by atoms with van der Waals surface area (Å²) in [5.74, 6) is 1.12. The lowest BCUT2D eigenvalue weighted by atomic mass is 10.3. The highest BCUT2D eigenvalue weighted by Crippen LogP contribution is 2.26. The van der Waals surface area contributed by atoms with E-state index in [-0.39, 0.29) is 0 Å². The summed E-state index contributed by atoms with van der Waals surface area (Å²) in [6, 6.07) is 0. The van der Waals surface area contributed by atoms with E-state index < -0.39 is 0 Å². The summed E-state index contributed by atoms with van der Waals surface area (Å²) < 4.78 is 5.31. The third-order valence-electron chi connectivity index (χ3n) is 1.51. The van der Waals surface area contributed by atoms with E-state index in [1.807, 2.05) is 6.26 Å². The summed E-state index contributed by atoms with van der Waals surface area (Å²) in [6.45, 7) is 4.19. The molecule has 0 saturated carbocycles. The normalized spacial score (nSPS) is 10.3. The molecule has 0 N–H and O–H groups in total. The fraction of sp³-hybridized carbons (Fsp3) is 0.500. The molecular formula is C8H12OS. The van der Waals surface area contributed by atoms with E-state index in [0.717, 1.165) is 12.2 Å². The summed E-state index contributed by atoms with van der Waals surface area (Å²) in [5.41, 5.74) is 1.25. The van der Waals surface area contributed by atoms with Crippen LogP contribution < -0.4 is 0 Å². The third-order valence-corrected chi connectivity index (χ3v) is 2.47. The van der Waals surface area contributed by atoms with Gasteiger partial charge in [0.05, 0.1) is 11.2 Å². The van der Waals surface area contributed by atoms with Gasteiger partial charge >= 0.3 is 0 Å². The Hall–Kier alpha value is -0.370. The number of hydrogen-bond donors (Lipinski definition) is 0. The first-order chi connectivity index (χ1) is 4.79. The Morgan fingerprint density at radius 2 is 2.30 bits per heavy atom. The Bertz CT molecular complexity index is 215. The van der Waals surface area contributed by atoms with Crippen LogP contribution in [0.25, 0.3) is 0 Å². The van der Waals surface area contributed by atoms with E-state index in [2.05, 4.69) is 20.1 Å². The van der Waals surface area contributed by atoms with Gasteiger partial charge in [-0.05, 0) is 13.2 Å². The first kappa shape index (κ1) is 7.73. The van der Waals surface area contributed by atoms with Crippen molar-refractivity contribution in [3.05, 3.63) is 17.6 Å². The summed E-state index contributed by atoms with van der Waals surface area (Å²) in [7, 11) is 0. The van der Waals surface area contributed by atoms with Crippen molar-refractivity contribution in [1.29, 1.82) is 0 Å². The van der Waals surface area contributed by atoms with Gasteiger partial charge in [0.1, 0.15) is 5.76 Å². The van der Waals surface area contributed by atoms with Crippen LogP contribution in [0.1, 0.15) is 18.2 Å². The second kappa shape index (κ2) is 3.15. The fourth-order valence-corrected chi connectivity index (χ4v) is 1.80. The largest absolute Gasteiger partial charge is 0.468 e. The van der Waals surface area contributed by atoms with E-state index in [0.29, 0.717) is 0 Å². The lowest BCUT2D eigenvalue weighted by Crippen LogP contribution is -1.77. The monoisotopic (exact) mass is 156 g/mol. The van der Waals surface area contributed by atoms with Gasteiger partial charge in [0.15, 0.2) is 0 Å². The number of hydrogen-bond acceptors (Lipinski definition) is 2. The van der Waals surface area contributed by atoms with E-state index in [1.54, 1.807) is 11.8 Å². The zero-order valence-corrected chi connectivity index (χ0v) is 7.42. The Morgan fingerprint density at radius 1 is 1.60 bits per heavy atom. The molecule has 0 unspecified atom stereocenters. The van der Waals surface area contributed by atoms with Crippen molar-refractivity contribution < 1.29 is 4.42 Å². The van der Waals surface area contributed by atoms with Crippen LogP contribution in [0.5, 0.6) is 0 Å². The molecule has 0 spiro atoms. The fourth-order valence-electron chi connectivity index (χ4n) is 1.01. The lowest BCUT2D eigenvalue weighted by molar-refractivity contribution is 0.507. The maximum absolute atomic E-state index is 5.31. The van der Waals surface area contributed by atoms with Crippen molar-refractivity contribution in [2.75, 3.05) is 6.26 Å². The maximum Gasteiger partial charge on any atom is 0.117 e. The molecule has 0 fully saturated rings. The van der Waals surface area contributed by atoms with Crippen molar-refractivity contribution in [2.24, 2.45) is 0 Å². The van der Waals surface area contributed by atoms with Crippen LogP contribution in [0, 0.1) is 6.92 Å². The Labute approximate surface area is 65.8 Å². The molecule has 1 heterocycles. The van der Waals surface area contributed by atoms with Gasteiger partial charge in [0.25, 0.3) is 0 Å². The van der Waals surface area contributed by atoms with Gasteiger partial charge in [-0.15, -0.1) is 11.8 Å². The Morgan fingerprint density at radius 3 is 2.70 bits per heavy atom. The second-order valence-corrected chi connectivity index (χ2v) is 3.05. The lowest BCUT2D eigenvalue weighted by Gasteiger charge is -1.94. The van der Waals surface area contributed by atoms with Gasteiger partial charge < -0.3 is 4.42 Å². The smallest absolute Gasteiger partial charge is 0.117 e. The molecule has 0 aliphatic rings. The third kappa shape index (κ3) is 1.21. The van der Waals surface area contributed by atoms with Crippen molar-refractivity contribution in [3.8, 4) is 0 Å². The van der Waals surface area contributed by atoms with Crippen molar-refractivity contribution in [3.63, 3.8) is 0 Å². The van der Waals surface area contributed by atoms with Crippen LogP contribution in [-0.4, -0.2) is 6.26 Å². The minimum atomic E-state index is 0.990. The molecule has 1 rings (SSSR count). The number of rotatable bonds is 2. The molecule has 0 bridgehead atoms. The molecular weight excluding hydrogens is 144 g/mol. The molecule has 0 aliphatic carbocycles. The van der Waals surface area contributed by atoms with Crippen LogP contribution in [0.15, 0.2) is 15.6 Å². The van der Waals surface area contributed by atoms with E-state index >= 15 is 0 Å². The van der Waals surface area contributed by atoms with Crippen molar-refractivity contribution in [1.82, 2.24) is 0 Å². The zero-order valence-electron chi connectivity index (χ0n) is 6.60. The SMILES string of the molecule is CCc1occ(C)c1SC. The number of furan rings is 1. The van der Waals surface area contributed by atoms with Crippen LogP contribution in [0.4, 0.5) is 0 Å². The number of aryl methyl sites for hydroxylation is 2. The molecule has 1 aromatic heterocycles. The van der Waals surface area contributed by atoms with Crippen LogP contribution in [0.2, 0.25) is 0 Å². The predicted molar refractivity (Wildman–Crippen MR) is 44.6 cm³/mol. The molecule has 0 aliphatic heterocycles. The van der Waals surface area contributed by atoms with Gasteiger partial charge in [-0.2, -0.15) is 0 Å². The standard InChI is InChI=1S/C8H12OS/c1-4-7-8(10-3)6(2)5-9-7/h5H,4H2,1-3H3. The summed E-state index contributed by atoms with van der Waals surface area (Å²) in [6.07, 6.45) is 4.89. The van der Waals surface area contributed by atoms with Crippen LogP contribution in [-0.2, 0) is 6.42 Å². The molecule has 1 nitrogen and oxygen atoms in total. The zero-order chi connectivity index (χ0) is 7.56. The van der Waals surface area contributed by atoms with Gasteiger partial charge in [-0.25, -0.2) is 0 Å². The van der Waals surface area contributed by atoms with E-state index in [4.69, 9.17) is 4.42 Å². The first-order valence-corrected chi connectivity index (χ1v) is 4.63. The highest BCUT2D eigenvalue weighted by Gasteiger charge is 2.06. The molecule has 2 heteroatoms. The Balaban J connectivity index is 3.01. The predicted octanol–water partition coefficient (Wildman–Crippen LogP) is 2.87. The topological polar surface area (TPSA) is 13.1 Å². The van der Waals surface area contributed by atoms with Gasteiger partial charge in [0.2, 0.25) is 0 Å². The molecule has 10 heavy (non-hydrogen) atoms. The highest BCUT2D eigenvalue weighted by molar-refractivity contribution is 7.98. The minimum absolute atomic E-state index is 0.990. The van der Waals surface area contributed by atoms with Gasteiger partial charge in [-0.3, -0.25) is 0 Å². The van der Waals surface area contributed by atoms with Crippen LogP contribution in [0.3, 0.4) is 0 Å². The summed E-state index contributed by atoms with van der Waals surface area (Å²) in [5, 5.41) is 0. The van der Waals surface area contributed by atoms with E-state index in [9.17, 15) is 0 Å². The first-order valence-electron chi connectivity index (χ1n) is 3.40. The molecule has 0 saturated heterocycles. The molecule has 0 radical (unpaired) electrons. The molecule has 0 amide bonds. The highest BCUT2D eigenvalue weighted by atomic mass is 32.2. The summed E-state index contributed by atoms with van der Waals surface area (Å²) >= 11 is 1.76. The van der Waals surface area contributed by atoms with Crippen molar-refractivity contribution in [2.45, 2.75) is 25.2 Å². The number of thioether (sulfide) groups is 1. The molecule has 0 atom stereocenters. The van der Waals surface area contributed by atoms with Crippen LogP contribution >= 0.6 is 11.8 Å². The summed E-state index contributed by atoms with van der Waals surface area (Å²) in [4.78, 5) is 1.31. The van der Waals surface area contributed by atoms with E-state index in [1.165, 1.54) is 10.5 Å². The van der Waals surface area contributed by atoms with Gasteiger partial charge in [0, 0.05) is 12.0 Å². The minimum Gasteiger partial charge on any atom is -0.468 e. The average molecular weight is 156 g/mol.